The molecule has 0 radical (unpaired) electrons. The Morgan fingerprint density at radius 3 is 2.61 bits per heavy atom. The van der Waals surface area contributed by atoms with E-state index in [-0.39, 0.29) is 36.2 Å². The highest BCUT2D eigenvalue weighted by Gasteiger charge is 2.27. The van der Waals surface area contributed by atoms with Crippen molar-refractivity contribution in [3.05, 3.63) is 51.0 Å². The quantitative estimate of drug-likeness (QED) is 0.546. The minimum Gasteiger partial charge on any atom is -0.481 e. The van der Waals surface area contributed by atoms with Crippen LogP contribution >= 0.6 is 11.3 Å². The number of aliphatic carboxylic acids is 1. The SMILES string of the molecule is Cc1ccc(CC(=O)Cc2nc(CN3CCC[C@H](C(=O)O)C3)cs2)c(C(=O)C2CCCC2)c1. The second-order valence-electron chi connectivity index (χ2n) is 9.54. The van der Waals surface area contributed by atoms with Gasteiger partial charge in [0, 0.05) is 36.4 Å². The van der Waals surface area contributed by atoms with Crippen LogP contribution in [-0.4, -0.2) is 45.6 Å². The van der Waals surface area contributed by atoms with Gasteiger partial charge >= 0.3 is 5.97 Å². The molecule has 0 amide bonds. The van der Waals surface area contributed by atoms with Gasteiger partial charge in [0.25, 0.3) is 0 Å². The summed E-state index contributed by atoms with van der Waals surface area (Å²) in [6.07, 6.45) is 6.23. The summed E-state index contributed by atoms with van der Waals surface area (Å²) in [4.78, 5) is 44.0. The van der Waals surface area contributed by atoms with Crippen LogP contribution < -0.4 is 0 Å². The van der Waals surface area contributed by atoms with Gasteiger partial charge in [-0.2, -0.15) is 0 Å². The Morgan fingerprint density at radius 1 is 1.09 bits per heavy atom. The fourth-order valence-corrected chi connectivity index (χ4v) is 5.87. The zero-order chi connectivity index (χ0) is 23.4. The molecule has 1 saturated carbocycles. The Hall–Kier alpha value is -2.38. The van der Waals surface area contributed by atoms with Crippen LogP contribution in [0.1, 0.15) is 70.7 Å². The first-order valence-corrected chi connectivity index (χ1v) is 12.8. The van der Waals surface area contributed by atoms with E-state index in [2.05, 4.69) is 9.88 Å². The molecule has 1 atom stereocenters. The van der Waals surface area contributed by atoms with Gasteiger partial charge in [0.05, 0.1) is 18.0 Å². The zero-order valence-electron chi connectivity index (χ0n) is 19.2. The predicted molar refractivity (Wildman–Crippen MR) is 128 cm³/mol. The lowest BCUT2D eigenvalue weighted by molar-refractivity contribution is -0.143. The van der Waals surface area contributed by atoms with Crippen molar-refractivity contribution >= 4 is 28.9 Å². The third kappa shape index (κ3) is 6.15. The van der Waals surface area contributed by atoms with E-state index < -0.39 is 5.97 Å². The van der Waals surface area contributed by atoms with Crippen LogP contribution in [0.5, 0.6) is 0 Å². The summed E-state index contributed by atoms with van der Waals surface area (Å²) in [5.74, 6) is -0.696. The van der Waals surface area contributed by atoms with Crippen molar-refractivity contribution in [2.75, 3.05) is 13.1 Å². The second kappa shape index (κ2) is 10.7. The molecule has 2 heterocycles. The van der Waals surface area contributed by atoms with E-state index in [0.717, 1.165) is 66.9 Å². The van der Waals surface area contributed by atoms with Crippen molar-refractivity contribution < 1.29 is 19.5 Å². The first-order valence-electron chi connectivity index (χ1n) is 11.9. The monoisotopic (exact) mass is 468 g/mol. The molecule has 2 aromatic rings. The second-order valence-corrected chi connectivity index (χ2v) is 10.5. The number of ketones is 2. The van der Waals surface area contributed by atoms with Crippen LogP contribution in [0.3, 0.4) is 0 Å². The van der Waals surface area contributed by atoms with Gasteiger partial charge in [-0.05, 0) is 50.8 Å². The van der Waals surface area contributed by atoms with Crippen LogP contribution in [0.15, 0.2) is 23.6 Å². The molecule has 0 bridgehead atoms. The van der Waals surface area contributed by atoms with Crippen molar-refractivity contribution in [1.29, 1.82) is 0 Å². The van der Waals surface area contributed by atoms with E-state index >= 15 is 0 Å². The molecular formula is C26H32N2O4S. The van der Waals surface area contributed by atoms with Gasteiger partial charge in [-0.25, -0.2) is 4.98 Å². The average molecular weight is 469 g/mol. The van der Waals surface area contributed by atoms with Gasteiger partial charge in [-0.15, -0.1) is 11.3 Å². The number of thiazole rings is 1. The Labute approximate surface area is 199 Å². The smallest absolute Gasteiger partial charge is 0.307 e. The maximum atomic E-state index is 13.1. The number of piperidine rings is 1. The molecule has 2 aliphatic rings. The molecule has 0 spiro atoms. The molecule has 0 unspecified atom stereocenters. The van der Waals surface area contributed by atoms with Gasteiger partial charge in [0.15, 0.2) is 5.78 Å². The lowest BCUT2D eigenvalue weighted by Gasteiger charge is -2.29. The van der Waals surface area contributed by atoms with Crippen molar-refractivity contribution in [2.45, 2.75) is 64.8 Å². The number of nitrogens with zero attached hydrogens (tertiary/aromatic N) is 2. The van der Waals surface area contributed by atoms with E-state index in [0.29, 0.717) is 18.7 Å². The number of hydrogen-bond acceptors (Lipinski definition) is 6. The summed E-state index contributed by atoms with van der Waals surface area (Å²) in [7, 11) is 0. The number of likely N-dealkylation sites (tertiary alicyclic amines) is 1. The van der Waals surface area contributed by atoms with Crippen LogP contribution in [-0.2, 0) is 29.0 Å². The molecule has 1 N–H and O–H groups in total. The van der Waals surface area contributed by atoms with Gasteiger partial charge < -0.3 is 5.11 Å². The number of aromatic nitrogens is 1. The first-order chi connectivity index (χ1) is 15.9. The summed E-state index contributed by atoms with van der Waals surface area (Å²) in [5, 5.41) is 12.0. The number of carboxylic acid groups (broad SMARTS) is 1. The van der Waals surface area contributed by atoms with Gasteiger partial charge in [-0.1, -0.05) is 30.5 Å². The van der Waals surface area contributed by atoms with Gasteiger partial charge in [0.2, 0.25) is 0 Å². The molecule has 33 heavy (non-hydrogen) atoms. The highest BCUT2D eigenvalue weighted by Crippen LogP contribution is 2.30. The molecule has 1 aromatic heterocycles. The number of hydrogen-bond donors (Lipinski definition) is 1. The van der Waals surface area contributed by atoms with Crippen molar-refractivity contribution in [3.63, 3.8) is 0 Å². The number of benzene rings is 1. The fourth-order valence-electron chi connectivity index (χ4n) is 5.06. The minimum absolute atomic E-state index is 0.0594. The highest BCUT2D eigenvalue weighted by molar-refractivity contribution is 7.09. The topological polar surface area (TPSA) is 87.6 Å². The van der Waals surface area contributed by atoms with Gasteiger partial charge in [-0.3, -0.25) is 19.3 Å². The standard InChI is InChI=1S/C26H32N2O4S/c1-17-8-9-19(23(11-17)25(30)18-5-2-3-6-18)12-22(29)13-24-27-21(16-33-24)15-28-10-4-7-20(14-28)26(31)32/h8-9,11,16,18,20H,2-7,10,12-15H2,1H3,(H,31,32)/t20-/m0/s1. The number of carbonyl (C=O) groups is 3. The van der Waals surface area contributed by atoms with Gasteiger partial charge in [0.1, 0.15) is 10.8 Å². The summed E-state index contributed by atoms with van der Waals surface area (Å²) in [6.45, 7) is 4.02. The molecule has 1 aliphatic carbocycles. The largest absolute Gasteiger partial charge is 0.481 e. The molecule has 6 nitrogen and oxygen atoms in total. The minimum atomic E-state index is -0.730. The number of aryl methyl sites for hydroxylation is 1. The molecule has 1 aromatic carbocycles. The maximum absolute atomic E-state index is 13.1. The van der Waals surface area contributed by atoms with Crippen LogP contribution in [0.25, 0.3) is 0 Å². The van der Waals surface area contributed by atoms with E-state index in [4.69, 9.17) is 0 Å². The maximum Gasteiger partial charge on any atom is 0.307 e. The molecule has 1 aliphatic heterocycles. The third-order valence-electron chi connectivity index (χ3n) is 6.83. The number of carboxylic acids is 1. The number of carbonyl (C=O) groups excluding carboxylic acids is 2. The molecule has 2 fully saturated rings. The molecule has 176 valence electrons. The lowest BCUT2D eigenvalue weighted by atomic mass is 9.90. The Bertz CT molecular complexity index is 1030. The van der Waals surface area contributed by atoms with Crippen molar-refractivity contribution in [3.8, 4) is 0 Å². The number of Topliss-reactive ketones (excluding diaryl/α,β-unsaturated/α-hetero) is 2. The lowest BCUT2D eigenvalue weighted by Crippen LogP contribution is -2.38. The van der Waals surface area contributed by atoms with Crippen molar-refractivity contribution in [2.24, 2.45) is 11.8 Å². The van der Waals surface area contributed by atoms with Crippen LogP contribution in [0, 0.1) is 18.8 Å². The Balaban J connectivity index is 1.36. The average Bonchev–Trinajstić information content (AvgIpc) is 3.47. The zero-order valence-corrected chi connectivity index (χ0v) is 20.0. The normalized spacial score (nSPS) is 19.6. The van der Waals surface area contributed by atoms with E-state index in [1.54, 1.807) is 0 Å². The van der Waals surface area contributed by atoms with Crippen molar-refractivity contribution in [1.82, 2.24) is 9.88 Å². The fraction of sp³-hybridized carbons (Fsp3) is 0.538. The van der Waals surface area contributed by atoms with Crippen LogP contribution in [0.2, 0.25) is 0 Å². The molecule has 7 heteroatoms. The molecular weight excluding hydrogens is 436 g/mol. The van der Waals surface area contributed by atoms with E-state index in [9.17, 15) is 19.5 Å². The molecule has 1 saturated heterocycles. The predicted octanol–water partition coefficient (Wildman–Crippen LogP) is 4.48. The number of rotatable bonds is 9. The summed E-state index contributed by atoms with van der Waals surface area (Å²) < 4.78 is 0. The summed E-state index contributed by atoms with van der Waals surface area (Å²) >= 11 is 1.48. The highest BCUT2D eigenvalue weighted by atomic mass is 32.1. The van der Waals surface area contributed by atoms with E-state index in [1.807, 2.05) is 30.5 Å². The first kappa shape index (κ1) is 23.8. The Morgan fingerprint density at radius 2 is 1.85 bits per heavy atom. The van der Waals surface area contributed by atoms with E-state index in [1.165, 1.54) is 11.3 Å². The Kier molecular flexibility index (Phi) is 7.71. The third-order valence-corrected chi connectivity index (χ3v) is 7.73. The summed E-state index contributed by atoms with van der Waals surface area (Å²) in [5.41, 5.74) is 3.47. The molecule has 4 rings (SSSR count). The summed E-state index contributed by atoms with van der Waals surface area (Å²) in [6, 6.07) is 5.84. The van der Waals surface area contributed by atoms with Crippen LogP contribution in [0.4, 0.5) is 0 Å².